The average Bonchev–Trinajstić information content (AvgIpc) is 2.76. The van der Waals surface area contributed by atoms with Crippen LogP contribution in [0.15, 0.2) is 28.7 Å². The van der Waals surface area contributed by atoms with Gasteiger partial charge in [-0.2, -0.15) is 0 Å². The Hall–Kier alpha value is -0.780. The number of hydrogen-bond acceptors (Lipinski definition) is 4. The summed E-state index contributed by atoms with van der Waals surface area (Å²) in [6.07, 6.45) is 0. The second-order valence-electron chi connectivity index (χ2n) is 4.04. The normalized spacial score (nSPS) is 11.1. The number of nitrogens with one attached hydrogen (secondary N) is 1. The quantitative estimate of drug-likeness (QED) is 0.939. The van der Waals surface area contributed by atoms with Crippen LogP contribution in [0, 0.1) is 0 Å². The summed E-state index contributed by atoms with van der Waals surface area (Å²) < 4.78 is 1.08. The van der Waals surface area contributed by atoms with Crippen LogP contribution in [0.2, 0.25) is 0 Å². The van der Waals surface area contributed by atoms with Crippen molar-refractivity contribution in [3.8, 4) is 10.6 Å². The van der Waals surface area contributed by atoms with Crippen molar-refractivity contribution in [1.29, 1.82) is 0 Å². The minimum Gasteiger partial charge on any atom is -0.308 e. The number of halogens is 1. The molecule has 0 spiro atoms. The zero-order valence-corrected chi connectivity index (χ0v) is 12.2. The lowest BCUT2D eigenvalue weighted by Crippen LogP contribution is -2.21. The van der Waals surface area contributed by atoms with E-state index in [4.69, 9.17) is 0 Å². The van der Waals surface area contributed by atoms with Gasteiger partial charge in [-0.15, -0.1) is 10.2 Å². The minimum absolute atomic E-state index is 0.468. The van der Waals surface area contributed by atoms with E-state index >= 15 is 0 Å². The summed E-state index contributed by atoms with van der Waals surface area (Å²) >= 11 is 5.06. The summed E-state index contributed by atoms with van der Waals surface area (Å²) in [6.45, 7) is 5.03. The van der Waals surface area contributed by atoms with Crippen LogP contribution in [0.4, 0.5) is 0 Å². The summed E-state index contributed by atoms with van der Waals surface area (Å²) in [6, 6.07) is 8.59. The van der Waals surface area contributed by atoms with Crippen LogP contribution < -0.4 is 5.32 Å². The highest BCUT2D eigenvalue weighted by atomic mass is 79.9. The zero-order valence-electron chi connectivity index (χ0n) is 9.77. The molecule has 0 atom stereocenters. The van der Waals surface area contributed by atoms with Gasteiger partial charge in [0.2, 0.25) is 0 Å². The van der Waals surface area contributed by atoms with Gasteiger partial charge in [-0.3, -0.25) is 0 Å². The first kappa shape index (κ1) is 12.7. The zero-order chi connectivity index (χ0) is 12.3. The predicted octanol–water partition coefficient (Wildman–Crippen LogP) is 3.47. The smallest absolute Gasteiger partial charge is 0.147 e. The molecule has 2 aromatic rings. The van der Waals surface area contributed by atoms with Crippen molar-refractivity contribution in [1.82, 2.24) is 15.5 Å². The summed E-state index contributed by atoms with van der Waals surface area (Å²) in [7, 11) is 0. The maximum Gasteiger partial charge on any atom is 0.147 e. The monoisotopic (exact) mass is 311 g/mol. The Labute approximate surface area is 113 Å². The van der Waals surface area contributed by atoms with Crippen LogP contribution in [-0.2, 0) is 6.54 Å². The van der Waals surface area contributed by atoms with E-state index in [1.165, 1.54) is 0 Å². The van der Waals surface area contributed by atoms with Gasteiger partial charge >= 0.3 is 0 Å². The SMILES string of the molecule is CC(C)NCc1nnc(-c2ccc(Br)cc2)s1. The van der Waals surface area contributed by atoms with Crippen molar-refractivity contribution in [3.63, 3.8) is 0 Å². The van der Waals surface area contributed by atoms with E-state index in [9.17, 15) is 0 Å². The topological polar surface area (TPSA) is 37.8 Å². The summed E-state index contributed by atoms with van der Waals surface area (Å²) in [4.78, 5) is 0. The summed E-state index contributed by atoms with van der Waals surface area (Å²) in [5.74, 6) is 0. The molecule has 5 heteroatoms. The first-order valence-electron chi connectivity index (χ1n) is 5.47. The van der Waals surface area contributed by atoms with Gasteiger partial charge in [0.05, 0.1) is 0 Å². The third-order valence-corrected chi connectivity index (χ3v) is 3.72. The van der Waals surface area contributed by atoms with Crippen LogP contribution >= 0.6 is 27.3 Å². The molecule has 0 fully saturated rings. The largest absolute Gasteiger partial charge is 0.308 e. The van der Waals surface area contributed by atoms with E-state index in [-0.39, 0.29) is 0 Å². The van der Waals surface area contributed by atoms with Crippen molar-refractivity contribution in [3.05, 3.63) is 33.7 Å². The summed E-state index contributed by atoms with van der Waals surface area (Å²) in [5, 5.41) is 13.7. The Morgan fingerprint density at radius 2 is 1.94 bits per heavy atom. The van der Waals surface area contributed by atoms with Crippen LogP contribution in [0.3, 0.4) is 0 Å². The third-order valence-electron chi connectivity index (χ3n) is 2.22. The molecule has 0 bridgehead atoms. The van der Waals surface area contributed by atoms with Gasteiger partial charge < -0.3 is 5.32 Å². The number of rotatable bonds is 4. The van der Waals surface area contributed by atoms with E-state index in [2.05, 4.69) is 45.3 Å². The van der Waals surface area contributed by atoms with Gasteiger partial charge in [-0.1, -0.05) is 53.2 Å². The molecule has 0 aliphatic heterocycles. The Bertz CT molecular complexity index is 479. The molecule has 3 nitrogen and oxygen atoms in total. The minimum atomic E-state index is 0.468. The molecule has 0 saturated heterocycles. The van der Waals surface area contributed by atoms with Crippen molar-refractivity contribution < 1.29 is 0 Å². The molecule has 0 amide bonds. The van der Waals surface area contributed by atoms with Crippen molar-refractivity contribution >= 4 is 27.3 Å². The van der Waals surface area contributed by atoms with Crippen LogP contribution in [0.5, 0.6) is 0 Å². The number of benzene rings is 1. The standard InChI is InChI=1S/C12H14BrN3S/c1-8(2)14-7-11-15-16-12(17-11)9-3-5-10(13)6-4-9/h3-6,8,14H,7H2,1-2H3. The molecule has 2 rings (SSSR count). The van der Waals surface area contributed by atoms with Gasteiger partial charge in [-0.05, 0) is 12.1 Å². The molecule has 17 heavy (non-hydrogen) atoms. The van der Waals surface area contributed by atoms with Gasteiger partial charge in [-0.25, -0.2) is 0 Å². The van der Waals surface area contributed by atoms with E-state index in [1.807, 2.05) is 24.3 Å². The Morgan fingerprint density at radius 3 is 2.59 bits per heavy atom. The van der Waals surface area contributed by atoms with Crippen molar-refractivity contribution in [2.75, 3.05) is 0 Å². The van der Waals surface area contributed by atoms with Crippen LogP contribution in [-0.4, -0.2) is 16.2 Å². The molecular formula is C12H14BrN3S. The molecule has 0 aliphatic carbocycles. The highest BCUT2D eigenvalue weighted by molar-refractivity contribution is 9.10. The molecule has 1 aromatic heterocycles. The van der Waals surface area contributed by atoms with Crippen molar-refractivity contribution in [2.24, 2.45) is 0 Å². The van der Waals surface area contributed by atoms with E-state index in [0.29, 0.717) is 6.04 Å². The first-order valence-corrected chi connectivity index (χ1v) is 7.08. The van der Waals surface area contributed by atoms with Crippen LogP contribution in [0.25, 0.3) is 10.6 Å². The maximum atomic E-state index is 4.21. The second-order valence-corrected chi connectivity index (χ2v) is 6.02. The Balaban J connectivity index is 2.10. The highest BCUT2D eigenvalue weighted by Crippen LogP contribution is 2.24. The number of aromatic nitrogens is 2. The summed E-state index contributed by atoms with van der Waals surface area (Å²) in [5.41, 5.74) is 1.11. The molecule has 1 N–H and O–H groups in total. The molecule has 90 valence electrons. The Morgan fingerprint density at radius 1 is 1.24 bits per heavy atom. The van der Waals surface area contributed by atoms with Gasteiger partial charge in [0, 0.05) is 22.6 Å². The predicted molar refractivity (Wildman–Crippen MR) is 75.0 cm³/mol. The van der Waals surface area contributed by atoms with Gasteiger partial charge in [0.15, 0.2) is 0 Å². The lowest BCUT2D eigenvalue weighted by Gasteiger charge is -2.03. The Kier molecular flexibility index (Phi) is 4.25. The van der Waals surface area contributed by atoms with Crippen molar-refractivity contribution in [2.45, 2.75) is 26.4 Å². The van der Waals surface area contributed by atoms with E-state index in [1.54, 1.807) is 11.3 Å². The fraction of sp³-hybridized carbons (Fsp3) is 0.333. The fourth-order valence-corrected chi connectivity index (χ4v) is 2.39. The number of hydrogen-bond donors (Lipinski definition) is 1. The molecule has 0 unspecified atom stereocenters. The molecule has 0 radical (unpaired) electrons. The number of nitrogens with zero attached hydrogens (tertiary/aromatic N) is 2. The molecule has 1 aromatic carbocycles. The van der Waals surface area contributed by atoms with E-state index < -0.39 is 0 Å². The lowest BCUT2D eigenvalue weighted by atomic mass is 10.2. The molecule has 0 saturated carbocycles. The van der Waals surface area contributed by atoms with Crippen LogP contribution in [0.1, 0.15) is 18.9 Å². The highest BCUT2D eigenvalue weighted by Gasteiger charge is 2.06. The third kappa shape index (κ3) is 3.59. The average molecular weight is 312 g/mol. The lowest BCUT2D eigenvalue weighted by molar-refractivity contribution is 0.585. The van der Waals surface area contributed by atoms with Gasteiger partial charge in [0.1, 0.15) is 10.0 Å². The molecule has 0 aliphatic rings. The first-order chi connectivity index (χ1) is 8.15. The fourth-order valence-electron chi connectivity index (χ4n) is 1.33. The van der Waals surface area contributed by atoms with Gasteiger partial charge in [0.25, 0.3) is 0 Å². The maximum absolute atomic E-state index is 4.21. The van der Waals surface area contributed by atoms with E-state index in [0.717, 1.165) is 26.6 Å². The molecular weight excluding hydrogens is 298 g/mol. The molecule has 1 heterocycles. The second kappa shape index (κ2) is 5.71.